The van der Waals surface area contributed by atoms with Gasteiger partial charge in [-0.3, -0.25) is 9.59 Å². The number of aryl methyl sites for hydroxylation is 2. The van der Waals surface area contributed by atoms with Gasteiger partial charge in [0.05, 0.1) is 5.69 Å². The van der Waals surface area contributed by atoms with Gasteiger partial charge < -0.3 is 10.2 Å². The van der Waals surface area contributed by atoms with Crippen molar-refractivity contribution in [1.82, 2.24) is 5.32 Å². The van der Waals surface area contributed by atoms with Crippen LogP contribution in [-0.2, 0) is 16.0 Å². The average Bonchev–Trinajstić information content (AvgIpc) is 2.83. The van der Waals surface area contributed by atoms with Crippen LogP contribution in [0.1, 0.15) is 35.2 Å². The molecule has 0 saturated heterocycles. The fourth-order valence-electron chi connectivity index (χ4n) is 3.37. The highest BCUT2D eigenvalue weighted by molar-refractivity contribution is 6.07. The number of benzene rings is 2. The smallest absolute Gasteiger partial charge is 0.254 e. The van der Waals surface area contributed by atoms with Gasteiger partial charge in [0.15, 0.2) is 0 Å². The summed E-state index contributed by atoms with van der Waals surface area (Å²) in [5.74, 6) is -0.237. The molecule has 3 rings (SSSR count). The van der Waals surface area contributed by atoms with Crippen molar-refractivity contribution in [3.63, 3.8) is 0 Å². The van der Waals surface area contributed by atoms with E-state index in [-0.39, 0.29) is 11.8 Å². The van der Waals surface area contributed by atoms with Gasteiger partial charge in [0.1, 0.15) is 6.04 Å². The molecule has 0 unspecified atom stereocenters. The molecule has 0 radical (unpaired) electrons. The van der Waals surface area contributed by atoms with Crippen molar-refractivity contribution in [3.05, 3.63) is 64.7 Å². The molecule has 2 amide bonds. The molecule has 0 aromatic heterocycles. The second-order valence-corrected chi connectivity index (χ2v) is 6.32. The van der Waals surface area contributed by atoms with E-state index in [4.69, 9.17) is 0 Å². The largest absolute Gasteiger partial charge is 0.341 e. The van der Waals surface area contributed by atoms with Gasteiger partial charge in [-0.05, 0) is 37.0 Å². The van der Waals surface area contributed by atoms with E-state index in [1.807, 2.05) is 49.1 Å². The molecule has 0 aliphatic carbocycles. The lowest BCUT2D eigenvalue weighted by molar-refractivity contribution is -0.126. The van der Waals surface area contributed by atoms with E-state index in [2.05, 4.69) is 17.4 Å². The standard InChI is InChI=1S/C20H22N2O2/c1-13-9-10-14(2)19-17(13)18(21-15(3)23)20(24)22(19)12-11-16-7-5-4-6-8-16/h4-10,18H,11-12H2,1-3H3,(H,21,23)/t18-/m1/s1. The zero-order valence-corrected chi connectivity index (χ0v) is 14.3. The first-order valence-electron chi connectivity index (χ1n) is 8.21. The SMILES string of the molecule is CC(=O)N[C@H]1C(=O)N(CCc2ccccc2)c2c(C)ccc(C)c21. The van der Waals surface area contributed by atoms with Crippen LogP contribution in [0.4, 0.5) is 5.69 Å². The molecule has 24 heavy (non-hydrogen) atoms. The number of amides is 2. The third-order valence-corrected chi connectivity index (χ3v) is 4.52. The van der Waals surface area contributed by atoms with Gasteiger partial charge >= 0.3 is 0 Å². The summed E-state index contributed by atoms with van der Waals surface area (Å²) in [7, 11) is 0. The topological polar surface area (TPSA) is 49.4 Å². The molecule has 4 nitrogen and oxygen atoms in total. The van der Waals surface area contributed by atoms with Crippen LogP contribution in [0.2, 0.25) is 0 Å². The molecule has 0 saturated carbocycles. The second kappa shape index (κ2) is 6.48. The Bertz CT molecular complexity index is 784. The monoisotopic (exact) mass is 322 g/mol. The highest BCUT2D eigenvalue weighted by atomic mass is 16.2. The van der Waals surface area contributed by atoms with Crippen molar-refractivity contribution < 1.29 is 9.59 Å². The van der Waals surface area contributed by atoms with E-state index in [1.54, 1.807) is 0 Å². The number of nitrogens with one attached hydrogen (secondary N) is 1. The molecule has 0 bridgehead atoms. The summed E-state index contributed by atoms with van der Waals surface area (Å²) in [5.41, 5.74) is 5.17. The Morgan fingerprint density at radius 2 is 1.75 bits per heavy atom. The molecule has 1 aliphatic heterocycles. The van der Waals surface area contributed by atoms with E-state index < -0.39 is 6.04 Å². The third kappa shape index (κ3) is 2.92. The van der Waals surface area contributed by atoms with Gasteiger partial charge in [0.2, 0.25) is 5.91 Å². The summed E-state index contributed by atoms with van der Waals surface area (Å²) in [6.45, 7) is 6.05. The number of hydrogen-bond donors (Lipinski definition) is 1. The van der Waals surface area contributed by atoms with E-state index >= 15 is 0 Å². The summed E-state index contributed by atoms with van der Waals surface area (Å²) in [5, 5.41) is 2.81. The van der Waals surface area contributed by atoms with Crippen molar-refractivity contribution in [2.45, 2.75) is 33.2 Å². The summed E-state index contributed by atoms with van der Waals surface area (Å²) in [4.78, 5) is 26.3. The summed E-state index contributed by atoms with van der Waals surface area (Å²) >= 11 is 0. The van der Waals surface area contributed by atoms with Crippen LogP contribution in [0.25, 0.3) is 0 Å². The molecule has 2 aromatic rings. The maximum absolute atomic E-state index is 12.9. The minimum absolute atomic E-state index is 0.0477. The average molecular weight is 322 g/mol. The molecule has 2 aromatic carbocycles. The summed E-state index contributed by atoms with van der Waals surface area (Å²) < 4.78 is 0. The minimum Gasteiger partial charge on any atom is -0.341 e. The van der Waals surface area contributed by atoms with Gasteiger partial charge in [0, 0.05) is 19.0 Å². The number of rotatable bonds is 4. The number of fused-ring (bicyclic) bond motifs is 1. The quantitative estimate of drug-likeness (QED) is 0.940. The Balaban J connectivity index is 1.94. The maximum Gasteiger partial charge on any atom is 0.254 e. The molecule has 1 N–H and O–H groups in total. The molecule has 1 atom stereocenters. The fraction of sp³-hybridized carbons (Fsp3) is 0.300. The number of carbonyl (C=O) groups is 2. The van der Waals surface area contributed by atoms with Gasteiger partial charge in [0.25, 0.3) is 5.91 Å². The minimum atomic E-state index is -0.576. The van der Waals surface area contributed by atoms with Crippen molar-refractivity contribution in [3.8, 4) is 0 Å². The predicted molar refractivity (Wildman–Crippen MR) is 95.0 cm³/mol. The Kier molecular flexibility index (Phi) is 4.38. The molecule has 0 spiro atoms. The molecule has 1 aliphatic rings. The van der Waals surface area contributed by atoms with Crippen LogP contribution >= 0.6 is 0 Å². The van der Waals surface area contributed by atoms with E-state index in [9.17, 15) is 9.59 Å². The van der Waals surface area contributed by atoms with E-state index in [0.717, 1.165) is 28.8 Å². The van der Waals surface area contributed by atoms with Gasteiger partial charge in [-0.2, -0.15) is 0 Å². The second-order valence-electron chi connectivity index (χ2n) is 6.32. The van der Waals surface area contributed by atoms with Crippen LogP contribution in [-0.4, -0.2) is 18.4 Å². The first-order chi connectivity index (χ1) is 11.5. The predicted octanol–water partition coefficient (Wildman–Crippen LogP) is 3.07. The highest BCUT2D eigenvalue weighted by Gasteiger charge is 2.39. The lowest BCUT2D eigenvalue weighted by Crippen LogP contribution is -2.37. The van der Waals surface area contributed by atoms with Crippen LogP contribution in [0.15, 0.2) is 42.5 Å². The Hall–Kier alpha value is -2.62. The van der Waals surface area contributed by atoms with Crippen LogP contribution in [0.3, 0.4) is 0 Å². The van der Waals surface area contributed by atoms with Gasteiger partial charge in [-0.15, -0.1) is 0 Å². The Morgan fingerprint density at radius 3 is 2.42 bits per heavy atom. The normalized spacial score (nSPS) is 16.2. The van der Waals surface area contributed by atoms with Gasteiger partial charge in [-0.1, -0.05) is 42.5 Å². The molecular formula is C20H22N2O2. The lowest BCUT2D eigenvalue weighted by atomic mass is 9.99. The van der Waals surface area contributed by atoms with Crippen LogP contribution in [0, 0.1) is 13.8 Å². The van der Waals surface area contributed by atoms with Crippen molar-refractivity contribution in [1.29, 1.82) is 0 Å². The van der Waals surface area contributed by atoms with E-state index in [1.165, 1.54) is 12.5 Å². The number of carbonyl (C=O) groups excluding carboxylic acids is 2. The van der Waals surface area contributed by atoms with Gasteiger partial charge in [-0.25, -0.2) is 0 Å². The maximum atomic E-state index is 12.9. The first-order valence-corrected chi connectivity index (χ1v) is 8.21. The zero-order chi connectivity index (χ0) is 17.3. The lowest BCUT2D eigenvalue weighted by Gasteiger charge is -2.20. The zero-order valence-electron chi connectivity index (χ0n) is 14.3. The van der Waals surface area contributed by atoms with Crippen molar-refractivity contribution in [2.75, 3.05) is 11.4 Å². The van der Waals surface area contributed by atoms with E-state index in [0.29, 0.717) is 6.54 Å². The molecule has 124 valence electrons. The molecule has 1 heterocycles. The summed E-state index contributed by atoms with van der Waals surface area (Å²) in [6.07, 6.45) is 0.784. The number of hydrogen-bond acceptors (Lipinski definition) is 2. The highest BCUT2D eigenvalue weighted by Crippen LogP contribution is 2.40. The van der Waals surface area contributed by atoms with Crippen molar-refractivity contribution >= 4 is 17.5 Å². The Morgan fingerprint density at radius 1 is 1.08 bits per heavy atom. The van der Waals surface area contributed by atoms with Crippen molar-refractivity contribution in [2.24, 2.45) is 0 Å². The number of nitrogens with zero attached hydrogens (tertiary/aromatic N) is 1. The van der Waals surface area contributed by atoms with Crippen LogP contribution < -0.4 is 10.2 Å². The molecular weight excluding hydrogens is 300 g/mol. The fourth-order valence-corrected chi connectivity index (χ4v) is 3.37. The Labute approximate surface area is 142 Å². The third-order valence-electron chi connectivity index (χ3n) is 4.52. The summed E-state index contributed by atoms with van der Waals surface area (Å²) in [6, 6.07) is 13.6. The number of anilines is 1. The van der Waals surface area contributed by atoms with Crippen LogP contribution in [0.5, 0.6) is 0 Å². The molecule has 4 heteroatoms. The molecule has 0 fully saturated rings. The first kappa shape index (κ1) is 16.2.